The Hall–Kier alpha value is -0.480. The van der Waals surface area contributed by atoms with E-state index in [0.29, 0.717) is 22.5 Å². The summed E-state index contributed by atoms with van der Waals surface area (Å²) >= 11 is 11.9. The summed E-state index contributed by atoms with van der Waals surface area (Å²) in [6.07, 6.45) is 1.72. The first-order valence-electron chi connectivity index (χ1n) is 6.54. The Kier molecular flexibility index (Phi) is 4.96. The fraction of sp³-hybridized carbons (Fsp3) is 0.571. The van der Waals surface area contributed by atoms with Crippen LogP contribution in [0.2, 0.25) is 10.0 Å². The van der Waals surface area contributed by atoms with Gasteiger partial charge in [0.25, 0.3) is 0 Å². The predicted octanol–water partition coefficient (Wildman–Crippen LogP) is 3.29. The van der Waals surface area contributed by atoms with E-state index in [1.807, 2.05) is 6.92 Å². The lowest BCUT2D eigenvalue weighted by Crippen LogP contribution is -2.36. The molecule has 0 aromatic heterocycles. The smallest absolute Gasteiger partial charge is 0.138 e. The normalized spacial score (nSPS) is 19.6. The van der Waals surface area contributed by atoms with Crippen LogP contribution in [0.3, 0.4) is 0 Å². The molecule has 2 N–H and O–H groups in total. The number of phenolic OH excluding ortho intramolecular Hbond substituents is 1. The molecule has 0 saturated carbocycles. The number of piperidine rings is 1. The molecule has 5 heteroatoms. The van der Waals surface area contributed by atoms with Gasteiger partial charge in [-0.2, -0.15) is 0 Å². The van der Waals surface area contributed by atoms with Crippen molar-refractivity contribution in [2.75, 3.05) is 13.1 Å². The van der Waals surface area contributed by atoms with E-state index in [0.717, 1.165) is 31.5 Å². The van der Waals surface area contributed by atoms with Gasteiger partial charge in [-0.25, -0.2) is 0 Å². The van der Waals surface area contributed by atoms with Gasteiger partial charge in [0.15, 0.2) is 0 Å². The van der Waals surface area contributed by atoms with Crippen molar-refractivity contribution in [3.05, 3.63) is 27.7 Å². The van der Waals surface area contributed by atoms with E-state index in [-0.39, 0.29) is 11.9 Å². The van der Waals surface area contributed by atoms with Crippen LogP contribution in [0.15, 0.2) is 12.1 Å². The Bertz CT molecular complexity index is 443. The monoisotopic (exact) mass is 303 g/mol. The molecule has 1 aromatic carbocycles. The Morgan fingerprint density at radius 2 is 1.95 bits per heavy atom. The van der Waals surface area contributed by atoms with Gasteiger partial charge in [-0.1, -0.05) is 23.2 Å². The van der Waals surface area contributed by atoms with Gasteiger partial charge in [0, 0.05) is 17.1 Å². The zero-order chi connectivity index (χ0) is 14.0. The molecule has 1 unspecified atom stereocenters. The molecular formula is C14H19Cl2NO2. The second-order valence-electron chi connectivity index (χ2n) is 5.25. The summed E-state index contributed by atoms with van der Waals surface area (Å²) in [5.41, 5.74) is 0.757. The van der Waals surface area contributed by atoms with E-state index in [9.17, 15) is 10.2 Å². The van der Waals surface area contributed by atoms with Crippen molar-refractivity contribution in [2.24, 2.45) is 5.92 Å². The maximum atomic E-state index is 9.94. The first kappa shape index (κ1) is 14.9. The number of aromatic hydroxyl groups is 1. The van der Waals surface area contributed by atoms with Gasteiger partial charge in [-0.05, 0) is 50.9 Å². The highest BCUT2D eigenvalue weighted by atomic mass is 35.5. The van der Waals surface area contributed by atoms with Gasteiger partial charge in [-0.15, -0.1) is 0 Å². The lowest BCUT2D eigenvalue weighted by molar-refractivity contribution is 0.0693. The van der Waals surface area contributed by atoms with Gasteiger partial charge in [0.05, 0.1) is 11.1 Å². The zero-order valence-electron chi connectivity index (χ0n) is 10.9. The molecule has 1 heterocycles. The number of aliphatic hydroxyl groups excluding tert-OH is 1. The Morgan fingerprint density at radius 1 is 1.32 bits per heavy atom. The molecule has 0 amide bonds. The molecule has 106 valence electrons. The lowest BCUT2D eigenvalue weighted by atomic mass is 9.92. The van der Waals surface area contributed by atoms with Crippen molar-refractivity contribution in [3.63, 3.8) is 0 Å². The molecule has 19 heavy (non-hydrogen) atoms. The molecule has 0 spiro atoms. The molecule has 1 atom stereocenters. The Balaban J connectivity index is 2.00. The lowest BCUT2D eigenvalue weighted by Gasteiger charge is -2.33. The van der Waals surface area contributed by atoms with Crippen LogP contribution in [0.1, 0.15) is 25.3 Å². The largest absolute Gasteiger partial charge is 0.506 e. The summed E-state index contributed by atoms with van der Waals surface area (Å²) in [4.78, 5) is 2.25. The number of hydrogen-bond acceptors (Lipinski definition) is 3. The summed E-state index contributed by atoms with van der Waals surface area (Å²) in [5.74, 6) is 0.497. The van der Waals surface area contributed by atoms with Crippen LogP contribution in [0.25, 0.3) is 0 Å². The molecule has 1 aliphatic rings. The molecule has 3 nitrogen and oxygen atoms in total. The van der Waals surface area contributed by atoms with Crippen molar-refractivity contribution in [3.8, 4) is 5.75 Å². The first-order chi connectivity index (χ1) is 8.97. The first-order valence-corrected chi connectivity index (χ1v) is 7.30. The van der Waals surface area contributed by atoms with Gasteiger partial charge in [0.1, 0.15) is 5.75 Å². The predicted molar refractivity (Wildman–Crippen MR) is 77.8 cm³/mol. The molecule has 1 aromatic rings. The molecule has 0 radical (unpaired) electrons. The summed E-state index contributed by atoms with van der Waals surface area (Å²) < 4.78 is 0. The summed E-state index contributed by atoms with van der Waals surface area (Å²) in [5, 5.41) is 20.3. The molecule has 1 fully saturated rings. The quantitative estimate of drug-likeness (QED) is 0.900. The minimum atomic E-state index is -0.240. The standard InChI is InChI=1S/C14H19Cl2NO2/c1-9(18)10-2-4-17(5-3-10)8-11-6-12(15)7-13(16)14(11)19/h6-7,9-10,18-19H,2-5,8H2,1H3. The third-order valence-corrected chi connectivity index (χ3v) is 4.32. The highest BCUT2D eigenvalue weighted by Crippen LogP contribution is 2.32. The van der Waals surface area contributed by atoms with E-state index in [4.69, 9.17) is 23.2 Å². The average Bonchev–Trinajstić information content (AvgIpc) is 2.36. The minimum Gasteiger partial charge on any atom is -0.506 e. The van der Waals surface area contributed by atoms with Crippen LogP contribution in [-0.4, -0.2) is 34.3 Å². The van der Waals surface area contributed by atoms with Gasteiger partial charge in [0.2, 0.25) is 0 Å². The van der Waals surface area contributed by atoms with Crippen molar-refractivity contribution < 1.29 is 10.2 Å². The second kappa shape index (κ2) is 6.31. The van der Waals surface area contributed by atoms with E-state index in [1.165, 1.54) is 0 Å². The maximum Gasteiger partial charge on any atom is 0.138 e. The summed E-state index contributed by atoms with van der Waals surface area (Å²) in [7, 11) is 0. The topological polar surface area (TPSA) is 43.7 Å². The number of likely N-dealkylation sites (tertiary alicyclic amines) is 1. The zero-order valence-corrected chi connectivity index (χ0v) is 12.5. The summed E-state index contributed by atoms with van der Waals surface area (Å²) in [6, 6.07) is 3.30. The van der Waals surface area contributed by atoms with Crippen LogP contribution < -0.4 is 0 Å². The highest BCUT2D eigenvalue weighted by molar-refractivity contribution is 6.35. The highest BCUT2D eigenvalue weighted by Gasteiger charge is 2.23. The van der Waals surface area contributed by atoms with Crippen molar-refractivity contribution in [1.29, 1.82) is 0 Å². The van der Waals surface area contributed by atoms with Crippen LogP contribution in [0.5, 0.6) is 5.75 Å². The van der Waals surface area contributed by atoms with Crippen molar-refractivity contribution in [1.82, 2.24) is 4.90 Å². The third-order valence-electron chi connectivity index (χ3n) is 3.82. The van der Waals surface area contributed by atoms with Crippen LogP contribution in [0, 0.1) is 5.92 Å². The van der Waals surface area contributed by atoms with E-state index < -0.39 is 0 Å². The van der Waals surface area contributed by atoms with E-state index in [1.54, 1.807) is 12.1 Å². The number of aliphatic hydroxyl groups is 1. The maximum absolute atomic E-state index is 9.94. The second-order valence-corrected chi connectivity index (χ2v) is 6.09. The van der Waals surface area contributed by atoms with Gasteiger partial charge >= 0.3 is 0 Å². The van der Waals surface area contributed by atoms with Crippen molar-refractivity contribution >= 4 is 23.2 Å². The molecule has 1 saturated heterocycles. The Morgan fingerprint density at radius 3 is 2.53 bits per heavy atom. The number of halogens is 2. The third kappa shape index (κ3) is 3.76. The molecule has 2 rings (SSSR count). The van der Waals surface area contributed by atoms with Crippen molar-refractivity contribution in [2.45, 2.75) is 32.4 Å². The molecule has 1 aliphatic heterocycles. The van der Waals surface area contributed by atoms with Crippen LogP contribution in [0.4, 0.5) is 0 Å². The fourth-order valence-corrected chi connectivity index (χ4v) is 3.11. The number of benzene rings is 1. The molecular weight excluding hydrogens is 285 g/mol. The average molecular weight is 304 g/mol. The Labute approximate surface area is 123 Å². The van der Waals surface area contributed by atoms with Gasteiger partial charge < -0.3 is 10.2 Å². The number of phenols is 1. The fourth-order valence-electron chi connectivity index (χ4n) is 2.57. The minimum absolute atomic E-state index is 0.115. The van der Waals surface area contributed by atoms with E-state index in [2.05, 4.69) is 4.90 Å². The van der Waals surface area contributed by atoms with Crippen LogP contribution in [-0.2, 0) is 6.54 Å². The summed E-state index contributed by atoms with van der Waals surface area (Å²) in [6.45, 7) is 4.32. The molecule has 0 bridgehead atoms. The number of rotatable bonds is 3. The van der Waals surface area contributed by atoms with Gasteiger partial charge in [-0.3, -0.25) is 4.90 Å². The number of hydrogen-bond donors (Lipinski definition) is 2. The van der Waals surface area contributed by atoms with E-state index >= 15 is 0 Å². The molecule has 0 aliphatic carbocycles. The van der Waals surface area contributed by atoms with Crippen LogP contribution >= 0.6 is 23.2 Å². The SMILES string of the molecule is CC(O)C1CCN(Cc2cc(Cl)cc(Cl)c2O)CC1. The number of nitrogens with zero attached hydrogens (tertiary/aromatic N) is 1.